The van der Waals surface area contributed by atoms with Crippen LogP contribution in [0.15, 0.2) is 17.5 Å². The third-order valence-corrected chi connectivity index (χ3v) is 3.17. The molecule has 5 heteroatoms. The minimum absolute atomic E-state index is 0. The van der Waals surface area contributed by atoms with Crippen LogP contribution in [0, 0.1) is 0 Å². The zero-order valence-electron chi connectivity index (χ0n) is 9.66. The molecule has 3 N–H and O–H groups in total. The summed E-state index contributed by atoms with van der Waals surface area (Å²) in [5.74, 6) is -0.0715. The van der Waals surface area contributed by atoms with Crippen molar-refractivity contribution >= 4 is 29.7 Å². The topological polar surface area (TPSA) is 55.1 Å². The van der Waals surface area contributed by atoms with Crippen molar-refractivity contribution in [1.29, 1.82) is 0 Å². The first-order valence-corrected chi connectivity index (χ1v) is 6.04. The fourth-order valence-electron chi connectivity index (χ4n) is 1.42. The Morgan fingerprint density at radius 2 is 2.31 bits per heavy atom. The first kappa shape index (κ1) is 15.4. The van der Waals surface area contributed by atoms with Crippen LogP contribution in [0.25, 0.3) is 0 Å². The van der Waals surface area contributed by atoms with Gasteiger partial charge in [0.15, 0.2) is 0 Å². The van der Waals surface area contributed by atoms with Crippen molar-refractivity contribution in [3.8, 4) is 0 Å². The van der Waals surface area contributed by atoms with Gasteiger partial charge in [-0.25, -0.2) is 0 Å². The molecular weight excluding hydrogens is 244 g/mol. The van der Waals surface area contributed by atoms with E-state index in [1.54, 1.807) is 18.3 Å². The van der Waals surface area contributed by atoms with Crippen molar-refractivity contribution in [2.24, 2.45) is 5.73 Å². The lowest BCUT2D eigenvalue weighted by Gasteiger charge is -2.22. The molecule has 0 saturated carbocycles. The summed E-state index contributed by atoms with van der Waals surface area (Å²) in [5, 5.41) is 4.85. The molecule has 1 amide bonds. The minimum Gasteiger partial charge on any atom is -0.350 e. The summed E-state index contributed by atoms with van der Waals surface area (Å²) in [6.07, 6.45) is 1.63. The standard InChI is InChI=1S/C11H18N2OS.ClH/c1-3-6-11(2,12)10(14)13-8-9-5-4-7-15-9;/h4-5,7H,3,6,8,12H2,1-2H3,(H,13,14);1H. The number of hydrogen-bond acceptors (Lipinski definition) is 3. The van der Waals surface area contributed by atoms with Crippen LogP contribution in [-0.2, 0) is 11.3 Å². The highest BCUT2D eigenvalue weighted by Crippen LogP contribution is 2.11. The van der Waals surface area contributed by atoms with E-state index in [1.807, 2.05) is 24.4 Å². The van der Waals surface area contributed by atoms with E-state index in [1.165, 1.54) is 0 Å². The molecule has 0 aromatic carbocycles. The monoisotopic (exact) mass is 262 g/mol. The first-order valence-electron chi connectivity index (χ1n) is 5.16. The molecule has 16 heavy (non-hydrogen) atoms. The first-order chi connectivity index (χ1) is 7.06. The Morgan fingerprint density at radius 1 is 1.62 bits per heavy atom. The highest BCUT2D eigenvalue weighted by atomic mass is 35.5. The molecule has 1 heterocycles. The molecule has 0 spiro atoms. The van der Waals surface area contributed by atoms with Crippen LogP contribution < -0.4 is 11.1 Å². The molecule has 0 bridgehead atoms. The van der Waals surface area contributed by atoms with E-state index in [-0.39, 0.29) is 18.3 Å². The highest BCUT2D eigenvalue weighted by Gasteiger charge is 2.26. The van der Waals surface area contributed by atoms with Gasteiger partial charge in [-0.05, 0) is 24.8 Å². The zero-order chi connectivity index (χ0) is 11.3. The lowest BCUT2D eigenvalue weighted by atomic mass is 9.96. The van der Waals surface area contributed by atoms with Gasteiger partial charge in [0.25, 0.3) is 0 Å². The molecule has 0 aliphatic heterocycles. The summed E-state index contributed by atoms with van der Waals surface area (Å²) >= 11 is 1.63. The zero-order valence-corrected chi connectivity index (χ0v) is 11.3. The van der Waals surface area contributed by atoms with E-state index in [0.717, 1.165) is 11.3 Å². The molecule has 1 rings (SSSR count). The van der Waals surface area contributed by atoms with Crippen LogP contribution >= 0.6 is 23.7 Å². The highest BCUT2D eigenvalue weighted by molar-refractivity contribution is 7.09. The largest absolute Gasteiger partial charge is 0.350 e. The van der Waals surface area contributed by atoms with Gasteiger partial charge in [-0.1, -0.05) is 19.4 Å². The van der Waals surface area contributed by atoms with Crippen LogP contribution in [0.5, 0.6) is 0 Å². The minimum atomic E-state index is -0.744. The fourth-order valence-corrected chi connectivity index (χ4v) is 2.06. The lowest BCUT2D eigenvalue weighted by molar-refractivity contribution is -0.126. The molecule has 1 aromatic rings. The van der Waals surface area contributed by atoms with Gasteiger partial charge in [0.2, 0.25) is 5.91 Å². The van der Waals surface area contributed by atoms with Gasteiger partial charge in [-0.15, -0.1) is 23.7 Å². The van der Waals surface area contributed by atoms with E-state index in [2.05, 4.69) is 5.32 Å². The predicted octanol–water partition coefficient (Wildman–Crippen LogP) is 2.30. The molecule has 0 aliphatic rings. The number of rotatable bonds is 5. The Bertz CT molecular complexity index is 312. The van der Waals surface area contributed by atoms with Crippen LogP contribution in [-0.4, -0.2) is 11.4 Å². The van der Waals surface area contributed by atoms with Crippen molar-refractivity contribution in [2.75, 3.05) is 0 Å². The number of thiophene rings is 1. The quantitative estimate of drug-likeness (QED) is 0.856. The number of amides is 1. The number of nitrogens with one attached hydrogen (secondary N) is 1. The Hall–Kier alpha value is -0.580. The second-order valence-electron chi connectivity index (χ2n) is 3.93. The molecule has 0 radical (unpaired) electrons. The normalized spacial score (nSPS) is 13.7. The summed E-state index contributed by atoms with van der Waals surface area (Å²) in [6.45, 7) is 4.38. The third kappa shape index (κ3) is 4.51. The maximum absolute atomic E-state index is 11.7. The number of carbonyl (C=O) groups is 1. The van der Waals surface area contributed by atoms with Crippen molar-refractivity contribution in [3.63, 3.8) is 0 Å². The van der Waals surface area contributed by atoms with E-state index in [4.69, 9.17) is 5.73 Å². The summed E-state index contributed by atoms with van der Waals surface area (Å²) in [4.78, 5) is 12.9. The van der Waals surface area contributed by atoms with Crippen molar-refractivity contribution in [1.82, 2.24) is 5.32 Å². The fraction of sp³-hybridized carbons (Fsp3) is 0.545. The summed E-state index contributed by atoms with van der Waals surface area (Å²) in [6, 6.07) is 3.97. The molecule has 0 fully saturated rings. The average Bonchev–Trinajstić information content (AvgIpc) is 2.66. The van der Waals surface area contributed by atoms with Gasteiger partial charge in [0.05, 0.1) is 12.1 Å². The second-order valence-corrected chi connectivity index (χ2v) is 4.96. The van der Waals surface area contributed by atoms with Gasteiger partial charge in [0.1, 0.15) is 0 Å². The van der Waals surface area contributed by atoms with Gasteiger partial charge >= 0.3 is 0 Å². The van der Waals surface area contributed by atoms with Crippen LogP contribution in [0.3, 0.4) is 0 Å². The van der Waals surface area contributed by atoms with Gasteiger partial charge < -0.3 is 11.1 Å². The number of nitrogens with two attached hydrogens (primary N) is 1. The van der Waals surface area contributed by atoms with Crippen molar-refractivity contribution in [2.45, 2.75) is 38.8 Å². The molecule has 1 atom stereocenters. The summed E-state index contributed by atoms with van der Waals surface area (Å²) < 4.78 is 0. The predicted molar refractivity (Wildman–Crippen MR) is 70.9 cm³/mol. The Kier molecular flexibility index (Phi) is 6.64. The maximum atomic E-state index is 11.7. The van der Waals surface area contributed by atoms with Gasteiger partial charge in [-0.2, -0.15) is 0 Å². The number of halogens is 1. The maximum Gasteiger partial charge on any atom is 0.240 e. The molecule has 0 saturated heterocycles. The molecule has 3 nitrogen and oxygen atoms in total. The van der Waals surface area contributed by atoms with E-state index in [9.17, 15) is 4.79 Å². The molecule has 92 valence electrons. The van der Waals surface area contributed by atoms with Crippen LogP contribution in [0.4, 0.5) is 0 Å². The third-order valence-electron chi connectivity index (χ3n) is 2.29. The summed E-state index contributed by atoms with van der Waals surface area (Å²) in [5.41, 5.74) is 5.16. The Morgan fingerprint density at radius 3 is 2.81 bits per heavy atom. The van der Waals surface area contributed by atoms with Crippen molar-refractivity contribution < 1.29 is 4.79 Å². The SMILES string of the molecule is CCCC(C)(N)C(=O)NCc1cccs1.Cl. The van der Waals surface area contributed by atoms with E-state index in [0.29, 0.717) is 13.0 Å². The van der Waals surface area contributed by atoms with E-state index >= 15 is 0 Å². The van der Waals surface area contributed by atoms with E-state index < -0.39 is 5.54 Å². The molecular formula is C11H19ClN2OS. The number of hydrogen-bond donors (Lipinski definition) is 2. The van der Waals surface area contributed by atoms with Crippen molar-refractivity contribution in [3.05, 3.63) is 22.4 Å². The van der Waals surface area contributed by atoms with Crippen LogP contribution in [0.1, 0.15) is 31.6 Å². The van der Waals surface area contributed by atoms with Crippen LogP contribution in [0.2, 0.25) is 0 Å². The van der Waals surface area contributed by atoms with Gasteiger partial charge in [0, 0.05) is 4.88 Å². The number of carbonyl (C=O) groups excluding carboxylic acids is 1. The average molecular weight is 263 g/mol. The Balaban J connectivity index is 0.00000225. The second kappa shape index (κ2) is 6.89. The summed E-state index contributed by atoms with van der Waals surface area (Å²) in [7, 11) is 0. The molecule has 0 aliphatic carbocycles. The molecule has 1 aromatic heterocycles. The smallest absolute Gasteiger partial charge is 0.240 e. The van der Waals surface area contributed by atoms with Gasteiger partial charge in [-0.3, -0.25) is 4.79 Å². The lowest BCUT2D eigenvalue weighted by Crippen LogP contribution is -2.51. The molecule has 1 unspecified atom stereocenters. The Labute approximate surface area is 107 Å².